The number of rotatable bonds is 1. The van der Waals surface area contributed by atoms with E-state index in [1.165, 1.54) is 4.90 Å². The van der Waals surface area contributed by atoms with Crippen molar-refractivity contribution in [3.8, 4) is 0 Å². The fraction of sp³-hybridized carbons (Fsp3) is 0.333. The zero-order valence-corrected chi connectivity index (χ0v) is 10.7. The molecule has 0 saturated heterocycles. The summed E-state index contributed by atoms with van der Waals surface area (Å²) in [7, 11) is 3.35. The number of ketones is 1. The molecule has 84 valence electrons. The first-order valence-electron chi connectivity index (χ1n) is 5.04. The van der Waals surface area contributed by atoms with Gasteiger partial charge in [-0.15, -0.1) is 0 Å². The second-order valence-electron chi connectivity index (χ2n) is 4.16. The zero-order chi connectivity index (χ0) is 11.9. The number of benzene rings is 1. The first-order valence-corrected chi connectivity index (χ1v) is 5.84. The van der Waals surface area contributed by atoms with Gasteiger partial charge in [-0.1, -0.05) is 15.9 Å². The normalized spacial score (nSPS) is 18.4. The van der Waals surface area contributed by atoms with Gasteiger partial charge in [0.25, 0.3) is 0 Å². The van der Waals surface area contributed by atoms with Crippen LogP contribution in [-0.4, -0.2) is 30.7 Å². The van der Waals surface area contributed by atoms with E-state index in [2.05, 4.69) is 15.9 Å². The van der Waals surface area contributed by atoms with Crippen molar-refractivity contribution in [1.82, 2.24) is 4.90 Å². The molecule has 4 heteroatoms. The van der Waals surface area contributed by atoms with E-state index in [0.29, 0.717) is 12.0 Å². The van der Waals surface area contributed by atoms with Crippen molar-refractivity contribution in [2.75, 3.05) is 14.1 Å². The first kappa shape index (κ1) is 11.3. The summed E-state index contributed by atoms with van der Waals surface area (Å²) in [5.41, 5.74) is 1.64. The van der Waals surface area contributed by atoms with Gasteiger partial charge in [-0.25, -0.2) is 0 Å². The largest absolute Gasteiger partial charge is 0.348 e. The highest BCUT2D eigenvalue weighted by molar-refractivity contribution is 9.10. The van der Waals surface area contributed by atoms with Crippen molar-refractivity contribution in [2.24, 2.45) is 5.92 Å². The molecular formula is C12H12BrNO2. The molecule has 1 unspecified atom stereocenters. The predicted octanol–water partition coefficient (Wildman–Crippen LogP) is 1.89. The van der Waals surface area contributed by atoms with Crippen molar-refractivity contribution in [3.05, 3.63) is 33.8 Å². The quantitative estimate of drug-likeness (QED) is 0.738. The van der Waals surface area contributed by atoms with Crippen molar-refractivity contribution in [1.29, 1.82) is 0 Å². The molecule has 0 heterocycles. The minimum atomic E-state index is -0.528. The van der Waals surface area contributed by atoms with Crippen LogP contribution in [-0.2, 0) is 11.2 Å². The lowest BCUT2D eigenvalue weighted by Gasteiger charge is -2.14. The molecule has 0 aromatic heterocycles. The Labute approximate surface area is 103 Å². The van der Waals surface area contributed by atoms with Gasteiger partial charge in [-0.05, 0) is 30.2 Å². The Morgan fingerprint density at radius 3 is 2.75 bits per heavy atom. The molecule has 16 heavy (non-hydrogen) atoms. The monoisotopic (exact) mass is 281 g/mol. The summed E-state index contributed by atoms with van der Waals surface area (Å²) < 4.78 is 0.942. The minimum absolute atomic E-state index is 0.0544. The lowest BCUT2D eigenvalue weighted by Crippen LogP contribution is -2.32. The van der Waals surface area contributed by atoms with Crippen molar-refractivity contribution in [3.63, 3.8) is 0 Å². The van der Waals surface area contributed by atoms with Gasteiger partial charge in [-0.3, -0.25) is 9.59 Å². The van der Waals surface area contributed by atoms with Crippen LogP contribution in [0, 0.1) is 5.92 Å². The van der Waals surface area contributed by atoms with Crippen LogP contribution in [0.5, 0.6) is 0 Å². The summed E-state index contributed by atoms with van der Waals surface area (Å²) in [6.07, 6.45) is 0.518. The van der Waals surface area contributed by atoms with E-state index in [1.807, 2.05) is 12.1 Å². The van der Waals surface area contributed by atoms with Crippen LogP contribution in [0.3, 0.4) is 0 Å². The molecule has 1 atom stereocenters. The van der Waals surface area contributed by atoms with E-state index in [9.17, 15) is 9.59 Å². The fourth-order valence-electron chi connectivity index (χ4n) is 1.98. The van der Waals surface area contributed by atoms with E-state index >= 15 is 0 Å². The molecule has 0 bridgehead atoms. The summed E-state index contributed by atoms with van der Waals surface area (Å²) in [5.74, 6) is -0.696. The Bertz CT molecular complexity index is 468. The minimum Gasteiger partial charge on any atom is -0.348 e. The summed E-state index contributed by atoms with van der Waals surface area (Å²) >= 11 is 3.36. The van der Waals surface area contributed by atoms with Gasteiger partial charge in [-0.2, -0.15) is 0 Å². The second kappa shape index (κ2) is 4.01. The highest BCUT2D eigenvalue weighted by Gasteiger charge is 2.36. The molecule has 1 aromatic rings. The summed E-state index contributed by atoms with van der Waals surface area (Å²) in [6, 6.07) is 5.53. The third-order valence-corrected chi connectivity index (χ3v) is 3.31. The Kier molecular flexibility index (Phi) is 2.84. The number of amides is 1. The third-order valence-electron chi connectivity index (χ3n) is 2.81. The lowest BCUT2D eigenvalue weighted by atomic mass is 10.0. The van der Waals surface area contributed by atoms with Gasteiger partial charge < -0.3 is 4.90 Å². The number of hydrogen-bond donors (Lipinski definition) is 0. The number of nitrogens with zero attached hydrogens (tertiary/aromatic N) is 1. The maximum atomic E-state index is 12.0. The van der Waals surface area contributed by atoms with Crippen LogP contribution < -0.4 is 0 Å². The highest BCUT2D eigenvalue weighted by atomic mass is 79.9. The van der Waals surface area contributed by atoms with Crippen LogP contribution in [0.15, 0.2) is 22.7 Å². The molecule has 0 N–H and O–H groups in total. The molecule has 0 fully saturated rings. The summed E-state index contributed by atoms with van der Waals surface area (Å²) in [6.45, 7) is 0. The third kappa shape index (κ3) is 1.78. The molecule has 1 amide bonds. The average Bonchev–Trinajstić information content (AvgIpc) is 2.54. The molecule has 1 aliphatic carbocycles. The Morgan fingerprint density at radius 1 is 1.44 bits per heavy atom. The molecule has 0 saturated carbocycles. The highest BCUT2D eigenvalue weighted by Crippen LogP contribution is 2.29. The van der Waals surface area contributed by atoms with Crippen LogP contribution in [0.4, 0.5) is 0 Å². The maximum Gasteiger partial charge on any atom is 0.233 e. The Balaban J connectivity index is 2.34. The van der Waals surface area contributed by atoms with E-state index < -0.39 is 5.92 Å². The Hall–Kier alpha value is -1.16. The van der Waals surface area contributed by atoms with Crippen molar-refractivity contribution < 1.29 is 9.59 Å². The zero-order valence-electron chi connectivity index (χ0n) is 9.16. The number of Topliss-reactive ketones (excluding diaryl/α,β-unsaturated/α-hetero) is 1. The van der Waals surface area contributed by atoms with Crippen molar-refractivity contribution >= 4 is 27.6 Å². The number of fused-ring (bicyclic) bond motifs is 1. The standard InChI is InChI=1S/C12H12BrNO2/c1-14(2)12(16)10-6-7-5-8(13)3-4-9(7)11(10)15/h3-5,10H,6H2,1-2H3. The summed E-state index contributed by atoms with van der Waals surface area (Å²) in [5, 5.41) is 0. The molecule has 1 aliphatic rings. The SMILES string of the molecule is CN(C)C(=O)C1Cc2cc(Br)ccc2C1=O. The van der Waals surface area contributed by atoms with Gasteiger partial charge in [0, 0.05) is 24.1 Å². The predicted molar refractivity (Wildman–Crippen MR) is 64.4 cm³/mol. The maximum absolute atomic E-state index is 12.0. The van der Waals surface area contributed by atoms with Gasteiger partial charge in [0.15, 0.2) is 5.78 Å². The number of carbonyl (C=O) groups is 2. The van der Waals surface area contributed by atoms with Gasteiger partial charge in [0.1, 0.15) is 5.92 Å². The molecule has 1 aromatic carbocycles. The molecule has 0 spiro atoms. The second-order valence-corrected chi connectivity index (χ2v) is 5.07. The first-order chi connectivity index (χ1) is 7.50. The molecular weight excluding hydrogens is 270 g/mol. The van der Waals surface area contributed by atoms with E-state index in [-0.39, 0.29) is 11.7 Å². The number of hydrogen-bond acceptors (Lipinski definition) is 2. The molecule has 2 rings (SSSR count). The molecule has 0 radical (unpaired) electrons. The van der Waals surface area contributed by atoms with Crippen LogP contribution >= 0.6 is 15.9 Å². The van der Waals surface area contributed by atoms with E-state index in [1.54, 1.807) is 20.2 Å². The summed E-state index contributed by atoms with van der Waals surface area (Å²) in [4.78, 5) is 25.3. The molecule has 0 aliphatic heterocycles. The van der Waals surface area contributed by atoms with E-state index in [0.717, 1.165) is 10.0 Å². The number of carbonyl (C=O) groups excluding carboxylic acids is 2. The van der Waals surface area contributed by atoms with Gasteiger partial charge >= 0.3 is 0 Å². The molecule has 3 nitrogen and oxygen atoms in total. The average molecular weight is 282 g/mol. The number of halogens is 1. The van der Waals surface area contributed by atoms with Crippen LogP contribution in [0.25, 0.3) is 0 Å². The topological polar surface area (TPSA) is 37.4 Å². The Morgan fingerprint density at radius 2 is 2.12 bits per heavy atom. The smallest absolute Gasteiger partial charge is 0.233 e. The van der Waals surface area contributed by atoms with Crippen LogP contribution in [0.2, 0.25) is 0 Å². The fourth-order valence-corrected chi connectivity index (χ4v) is 2.39. The van der Waals surface area contributed by atoms with Crippen molar-refractivity contribution in [2.45, 2.75) is 6.42 Å². The lowest BCUT2D eigenvalue weighted by molar-refractivity contribution is -0.131. The van der Waals surface area contributed by atoms with Gasteiger partial charge in [0.05, 0.1) is 0 Å². The van der Waals surface area contributed by atoms with Crippen LogP contribution in [0.1, 0.15) is 15.9 Å². The van der Waals surface area contributed by atoms with E-state index in [4.69, 9.17) is 0 Å². The van der Waals surface area contributed by atoms with Gasteiger partial charge in [0.2, 0.25) is 5.91 Å².